The molecule has 1 aliphatic rings. The SMILES string of the molecule is CCOc1cc(NCCN(C)C)nc(C2CC2)n1. The zero-order valence-electron chi connectivity index (χ0n) is 11.4. The van der Waals surface area contributed by atoms with Crippen molar-refractivity contribution in [3.63, 3.8) is 0 Å². The number of rotatable bonds is 7. The number of ether oxygens (including phenoxy) is 1. The average molecular weight is 250 g/mol. The van der Waals surface area contributed by atoms with Gasteiger partial charge in [0.25, 0.3) is 0 Å². The fourth-order valence-electron chi connectivity index (χ4n) is 1.69. The standard InChI is InChI=1S/C13H22N4O/c1-4-18-12-9-11(14-7-8-17(2)3)15-13(16-12)10-5-6-10/h9-10H,4-8H2,1-3H3,(H,14,15,16). The molecule has 0 atom stereocenters. The van der Waals surface area contributed by atoms with Gasteiger partial charge in [-0.05, 0) is 33.9 Å². The molecular weight excluding hydrogens is 228 g/mol. The molecule has 100 valence electrons. The van der Waals surface area contributed by atoms with Gasteiger partial charge in [-0.15, -0.1) is 0 Å². The lowest BCUT2D eigenvalue weighted by Gasteiger charge is -2.12. The fourth-order valence-corrected chi connectivity index (χ4v) is 1.69. The molecule has 0 unspecified atom stereocenters. The van der Waals surface area contributed by atoms with E-state index in [0.29, 0.717) is 18.4 Å². The van der Waals surface area contributed by atoms with Crippen molar-refractivity contribution in [3.05, 3.63) is 11.9 Å². The van der Waals surface area contributed by atoms with E-state index in [1.54, 1.807) is 0 Å². The molecule has 0 aliphatic heterocycles. The van der Waals surface area contributed by atoms with E-state index in [1.165, 1.54) is 12.8 Å². The molecule has 1 aromatic rings. The monoisotopic (exact) mass is 250 g/mol. The van der Waals surface area contributed by atoms with Gasteiger partial charge >= 0.3 is 0 Å². The van der Waals surface area contributed by atoms with Crippen LogP contribution in [0.5, 0.6) is 5.88 Å². The summed E-state index contributed by atoms with van der Waals surface area (Å²) in [6, 6.07) is 1.88. The van der Waals surface area contributed by atoms with Crippen LogP contribution in [0.2, 0.25) is 0 Å². The molecule has 0 amide bonds. The van der Waals surface area contributed by atoms with Crippen molar-refractivity contribution >= 4 is 5.82 Å². The third kappa shape index (κ3) is 3.84. The Hall–Kier alpha value is -1.36. The lowest BCUT2D eigenvalue weighted by atomic mass is 10.4. The van der Waals surface area contributed by atoms with Gasteiger partial charge in [-0.2, -0.15) is 4.98 Å². The first-order chi connectivity index (χ1) is 8.69. The number of aromatic nitrogens is 2. The normalized spacial score (nSPS) is 14.9. The molecule has 0 radical (unpaired) electrons. The Labute approximate surface area is 109 Å². The van der Waals surface area contributed by atoms with Gasteiger partial charge < -0.3 is 15.0 Å². The molecule has 5 heteroatoms. The first-order valence-corrected chi connectivity index (χ1v) is 6.59. The molecular formula is C13H22N4O. The topological polar surface area (TPSA) is 50.3 Å². The quantitative estimate of drug-likeness (QED) is 0.798. The minimum atomic E-state index is 0.541. The Morgan fingerprint density at radius 2 is 2.17 bits per heavy atom. The van der Waals surface area contributed by atoms with E-state index in [4.69, 9.17) is 4.74 Å². The number of anilines is 1. The highest BCUT2D eigenvalue weighted by molar-refractivity contribution is 5.39. The number of likely N-dealkylation sites (N-methyl/N-ethyl adjacent to an activating group) is 1. The van der Waals surface area contributed by atoms with Crippen molar-refractivity contribution in [2.45, 2.75) is 25.7 Å². The van der Waals surface area contributed by atoms with E-state index in [0.717, 1.165) is 24.7 Å². The van der Waals surface area contributed by atoms with E-state index in [-0.39, 0.29) is 0 Å². The van der Waals surface area contributed by atoms with E-state index in [2.05, 4.69) is 34.3 Å². The average Bonchev–Trinajstić information content (AvgIpc) is 3.12. The third-order valence-electron chi connectivity index (χ3n) is 2.82. The highest BCUT2D eigenvalue weighted by Gasteiger charge is 2.27. The Morgan fingerprint density at radius 3 is 2.78 bits per heavy atom. The van der Waals surface area contributed by atoms with E-state index in [1.807, 2.05) is 13.0 Å². The van der Waals surface area contributed by atoms with Crippen molar-refractivity contribution in [2.24, 2.45) is 0 Å². The molecule has 1 saturated carbocycles. The Morgan fingerprint density at radius 1 is 1.39 bits per heavy atom. The predicted octanol–water partition coefficient (Wildman–Crippen LogP) is 1.73. The number of hydrogen-bond acceptors (Lipinski definition) is 5. The zero-order chi connectivity index (χ0) is 13.0. The third-order valence-corrected chi connectivity index (χ3v) is 2.82. The summed E-state index contributed by atoms with van der Waals surface area (Å²) in [5.41, 5.74) is 0. The summed E-state index contributed by atoms with van der Waals surface area (Å²) in [6.07, 6.45) is 2.40. The number of nitrogens with zero attached hydrogens (tertiary/aromatic N) is 3. The first kappa shape index (κ1) is 13.1. The van der Waals surface area contributed by atoms with Crippen molar-refractivity contribution in [1.29, 1.82) is 0 Å². The Kier molecular flexibility index (Phi) is 4.36. The maximum absolute atomic E-state index is 5.49. The van der Waals surface area contributed by atoms with Gasteiger partial charge in [-0.3, -0.25) is 0 Å². The van der Waals surface area contributed by atoms with Crippen LogP contribution >= 0.6 is 0 Å². The van der Waals surface area contributed by atoms with Crippen LogP contribution in [0.25, 0.3) is 0 Å². The summed E-state index contributed by atoms with van der Waals surface area (Å²) < 4.78 is 5.49. The molecule has 5 nitrogen and oxygen atoms in total. The van der Waals surface area contributed by atoms with Crippen molar-refractivity contribution in [3.8, 4) is 5.88 Å². The van der Waals surface area contributed by atoms with Crippen molar-refractivity contribution in [2.75, 3.05) is 39.1 Å². The highest BCUT2D eigenvalue weighted by atomic mass is 16.5. The summed E-state index contributed by atoms with van der Waals surface area (Å²) in [7, 11) is 4.12. The van der Waals surface area contributed by atoms with Crippen LogP contribution in [0.1, 0.15) is 31.5 Å². The predicted molar refractivity (Wildman–Crippen MR) is 72.2 cm³/mol. The van der Waals surface area contributed by atoms with E-state index < -0.39 is 0 Å². The van der Waals surface area contributed by atoms with Crippen LogP contribution in [0.15, 0.2) is 6.07 Å². The van der Waals surface area contributed by atoms with Gasteiger partial charge in [-0.1, -0.05) is 0 Å². The smallest absolute Gasteiger partial charge is 0.218 e. The summed E-state index contributed by atoms with van der Waals surface area (Å²) in [5, 5.41) is 3.33. The van der Waals surface area contributed by atoms with E-state index >= 15 is 0 Å². The van der Waals surface area contributed by atoms with Crippen LogP contribution in [0.4, 0.5) is 5.82 Å². The molecule has 1 fully saturated rings. The van der Waals surface area contributed by atoms with Gasteiger partial charge in [0.1, 0.15) is 11.6 Å². The molecule has 1 aliphatic carbocycles. The maximum Gasteiger partial charge on any atom is 0.218 e. The first-order valence-electron chi connectivity index (χ1n) is 6.59. The second-order valence-corrected chi connectivity index (χ2v) is 4.89. The molecule has 1 N–H and O–H groups in total. The van der Waals surface area contributed by atoms with Crippen LogP contribution < -0.4 is 10.1 Å². The Bertz CT molecular complexity index is 391. The zero-order valence-corrected chi connectivity index (χ0v) is 11.4. The highest BCUT2D eigenvalue weighted by Crippen LogP contribution is 2.39. The molecule has 18 heavy (non-hydrogen) atoms. The molecule has 0 aromatic carbocycles. The number of hydrogen-bond donors (Lipinski definition) is 1. The van der Waals surface area contributed by atoms with Crippen molar-refractivity contribution < 1.29 is 4.74 Å². The minimum Gasteiger partial charge on any atom is -0.478 e. The fraction of sp³-hybridized carbons (Fsp3) is 0.692. The largest absolute Gasteiger partial charge is 0.478 e. The van der Waals surface area contributed by atoms with Crippen LogP contribution in [0, 0.1) is 0 Å². The summed E-state index contributed by atoms with van der Waals surface area (Å²) in [4.78, 5) is 11.1. The number of nitrogens with one attached hydrogen (secondary N) is 1. The molecule has 0 saturated heterocycles. The molecule has 0 spiro atoms. The molecule has 1 heterocycles. The van der Waals surface area contributed by atoms with Crippen molar-refractivity contribution in [1.82, 2.24) is 14.9 Å². The van der Waals surface area contributed by atoms with Crippen LogP contribution in [-0.2, 0) is 0 Å². The van der Waals surface area contributed by atoms with Gasteiger partial charge in [-0.25, -0.2) is 4.98 Å². The molecule has 2 rings (SSSR count). The summed E-state index contributed by atoms with van der Waals surface area (Å²) in [5.74, 6) is 3.02. The second-order valence-electron chi connectivity index (χ2n) is 4.89. The van der Waals surface area contributed by atoms with Gasteiger partial charge in [0.15, 0.2) is 0 Å². The van der Waals surface area contributed by atoms with E-state index in [9.17, 15) is 0 Å². The second kappa shape index (κ2) is 6.00. The minimum absolute atomic E-state index is 0.541. The molecule has 0 bridgehead atoms. The molecule has 1 aromatic heterocycles. The van der Waals surface area contributed by atoms with Crippen LogP contribution in [-0.4, -0.2) is 48.7 Å². The van der Waals surface area contributed by atoms with Gasteiger partial charge in [0.2, 0.25) is 5.88 Å². The lowest BCUT2D eigenvalue weighted by Crippen LogP contribution is -2.21. The van der Waals surface area contributed by atoms with Gasteiger partial charge in [0.05, 0.1) is 6.61 Å². The summed E-state index contributed by atoms with van der Waals surface area (Å²) in [6.45, 7) is 4.46. The van der Waals surface area contributed by atoms with Crippen LogP contribution in [0.3, 0.4) is 0 Å². The summed E-state index contributed by atoms with van der Waals surface area (Å²) >= 11 is 0. The maximum atomic E-state index is 5.49. The van der Waals surface area contributed by atoms with Gasteiger partial charge in [0, 0.05) is 25.1 Å². The Balaban J connectivity index is 2.02. The lowest BCUT2D eigenvalue weighted by molar-refractivity contribution is 0.325.